The highest BCUT2D eigenvalue weighted by atomic mass is 32.1. The van der Waals surface area contributed by atoms with Gasteiger partial charge in [-0.25, -0.2) is 0 Å². The van der Waals surface area contributed by atoms with E-state index in [1.807, 2.05) is 0 Å². The van der Waals surface area contributed by atoms with Crippen LogP contribution in [-0.4, -0.2) is 22.3 Å². The average Bonchev–Trinajstić information content (AvgIpc) is 2.61. The topological polar surface area (TPSA) is 96.0 Å². The van der Waals surface area contributed by atoms with E-state index in [0.717, 1.165) is 5.52 Å². The molecule has 88 valence electrons. The van der Waals surface area contributed by atoms with Gasteiger partial charge in [0.05, 0.1) is 12.6 Å². The third-order valence-corrected chi connectivity index (χ3v) is 2.29. The molecule has 0 spiro atoms. The molecule has 0 atom stereocenters. The highest BCUT2D eigenvalue weighted by Crippen LogP contribution is 2.37. The molecule has 0 aliphatic carbocycles. The average molecular weight is 250 g/mol. The third-order valence-electron chi connectivity index (χ3n) is 2.21. The van der Waals surface area contributed by atoms with Crippen molar-refractivity contribution in [1.29, 1.82) is 0 Å². The first-order valence-electron chi connectivity index (χ1n) is 4.71. The maximum Gasteiger partial charge on any atom is 0.218 e. The van der Waals surface area contributed by atoms with Gasteiger partial charge in [-0.1, -0.05) is 0 Å². The standard InChI is InChI=1S/C10H10N4O2S/c1-16-5-2-3-7-6(4-5)8(9(15)12-7)13-14-10(11)17/h2-4,12,15H,1H3,(H2,11,17). The van der Waals surface area contributed by atoms with E-state index in [1.165, 1.54) is 0 Å². The summed E-state index contributed by atoms with van der Waals surface area (Å²) < 4.78 is 5.09. The van der Waals surface area contributed by atoms with Crippen LogP contribution in [0.1, 0.15) is 0 Å². The molecule has 1 aromatic carbocycles. The number of nitrogens with one attached hydrogen (secondary N) is 1. The Morgan fingerprint density at radius 1 is 1.53 bits per heavy atom. The van der Waals surface area contributed by atoms with Gasteiger partial charge >= 0.3 is 0 Å². The number of thiocarbonyl (C=S) groups is 1. The lowest BCUT2D eigenvalue weighted by atomic mass is 10.2. The number of methoxy groups -OCH3 is 1. The van der Waals surface area contributed by atoms with Crippen LogP contribution in [0.25, 0.3) is 10.9 Å². The largest absolute Gasteiger partial charge is 0.497 e. The fourth-order valence-corrected chi connectivity index (χ4v) is 1.51. The summed E-state index contributed by atoms with van der Waals surface area (Å²) in [6.07, 6.45) is 0. The molecule has 6 nitrogen and oxygen atoms in total. The molecule has 0 fully saturated rings. The van der Waals surface area contributed by atoms with Crippen LogP contribution in [0.5, 0.6) is 11.6 Å². The number of aromatic nitrogens is 1. The van der Waals surface area contributed by atoms with Crippen molar-refractivity contribution in [3.05, 3.63) is 18.2 Å². The number of H-pyrrole nitrogens is 1. The Morgan fingerprint density at radius 3 is 2.94 bits per heavy atom. The van der Waals surface area contributed by atoms with Gasteiger partial charge in [0.25, 0.3) is 0 Å². The Balaban J connectivity index is 2.60. The smallest absolute Gasteiger partial charge is 0.218 e. The van der Waals surface area contributed by atoms with Gasteiger partial charge in [0.15, 0.2) is 5.69 Å². The molecule has 1 heterocycles. The van der Waals surface area contributed by atoms with Gasteiger partial charge in [0.1, 0.15) is 5.75 Å². The van der Waals surface area contributed by atoms with E-state index in [1.54, 1.807) is 25.3 Å². The molecule has 0 aliphatic heterocycles. The lowest BCUT2D eigenvalue weighted by Gasteiger charge is -1.98. The second-order valence-electron chi connectivity index (χ2n) is 3.27. The van der Waals surface area contributed by atoms with E-state index in [9.17, 15) is 5.11 Å². The number of hydrogen-bond acceptors (Lipinski definition) is 4. The Morgan fingerprint density at radius 2 is 2.29 bits per heavy atom. The van der Waals surface area contributed by atoms with E-state index in [2.05, 4.69) is 27.4 Å². The first kappa shape index (κ1) is 11.3. The van der Waals surface area contributed by atoms with Gasteiger partial charge in [-0.15, -0.1) is 10.2 Å². The number of ether oxygens (including phenoxy) is 1. The summed E-state index contributed by atoms with van der Waals surface area (Å²) in [5, 5.41) is 17.6. The Kier molecular flexibility index (Phi) is 2.92. The molecule has 1 aromatic heterocycles. The van der Waals surface area contributed by atoms with E-state index in [0.29, 0.717) is 11.1 Å². The van der Waals surface area contributed by atoms with Crippen LogP contribution in [-0.2, 0) is 0 Å². The van der Waals surface area contributed by atoms with E-state index in [-0.39, 0.29) is 16.7 Å². The molecular formula is C10H10N4O2S. The molecule has 0 bridgehead atoms. The summed E-state index contributed by atoms with van der Waals surface area (Å²) in [4.78, 5) is 2.76. The minimum Gasteiger partial charge on any atom is -0.497 e. The molecule has 7 heteroatoms. The minimum atomic E-state index is -0.0957. The van der Waals surface area contributed by atoms with Crippen molar-refractivity contribution >= 4 is 33.9 Å². The summed E-state index contributed by atoms with van der Waals surface area (Å²) in [5.41, 5.74) is 6.22. The summed E-state index contributed by atoms with van der Waals surface area (Å²) in [6.45, 7) is 0. The highest BCUT2D eigenvalue weighted by molar-refractivity contribution is 7.80. The molecule has 0 amide bonds. The van der Waals surface area contributed by atoms with Crippen molar-refractivity contribution in [3.63, 3.8) is 0 Å². The number of azo groups is 1. The fraction of sp³-hybridized carbons (Fsp3) is 0.100. The molecule has 0 aliphatic rings. The Bertz CT molecular complexity index is 606. The molecule has 0 unspecified atom stereocenters. The normalized spacial score (nSPS) is 11.1. The lowest BCUT2D eigenvalue weighted by molar-refractivity contribution is 0.415. The number of fused-ring (bicyclic) bond motifs is 1. The van der Waals surface area contributed by atoms with Crippen LogP contribution < -0.4 is 10.5 Å². The Hall–Kier alpha value is -2.15. The van der Waals surface area contributed by atoms with Crippen molar-refractivity contribution in [2.45, 2.75) is 0 Å². The number of nitrogens with zero attached hydrogens (tertiary/aromatic N) is 2. The molecular weight excluding hydrogens is 240 g/mol. The van der Waals surface area contributed by atoms with Crippen molar-refractivity contribution in [1.82, 2.24) is 4.98 Å². The fourth-order valence-electron chi connectivity index (χ4n) is 1.47. The van der Waals surface area contributed by atoms with E-state index in [4.69, 9.17) is 10.5 Å². The van der Waals surface area contributed by atoms with Crippen LogP contribution >= 0.6 is 12.2 Å². The van der Waals surface area contributed by atoms with Gasteiger partial charge in [0.2, 0.25) is 11.0 Å². The summed E-state index contributed by atoms with van der Waals surface area (Å²) >= 11 is 4.58. The van der Waals surface area contributed by atoms with Crippen molar-refractivity contribution in [3.8, 4) is 11.6 Å². The third kappa shape index (κ3) is 2.18. The molecule has 4 N–H and O–H groups in total. The predicted octanol–water partition coefficient (Wildman–Crippen LogP) is 2.21. The molecule has 17 heavy (non-hydrogen) atoms. The number of rotatable bonds is 2. The zero-order chi connectivity index (χ0) is 12.4. The molecule has 0 saturated heterocycles. The minimum absolute atomic E-state index is 0.0896. The second-order valence-corrected chi connectivity index (χ2v) is 3.69. The lowest BCUT2D eigenvalue weighted by Crippen LogP contribution is -2.01. The van der Waals surface area contributed by atoms with Gasteiger partial charge < -0.3 is 20.6 Å². The van der Waals surface area contributed by atoms with E-state index >= 15 is 0 Å². The van der Waals surface area contributed by atoms with Crippen molar-refractivity contribution < 1.29 is 9.84 Å². The summed E-state index contributed by atoms with van der Waals surface area (Å²) in [6, 6.07) is 5.28. The molecule has 0 radical (unpaired) electrons. The second kappa shape index (κ2) is 4.38. The zero-order valence-electron chi connectivity index (χ0n) is 8.97. The van der Waals surface area contributed by atoms with Crippen molar-refractivity contribution in [2.24, 2.45) is 16.0 Å². The summed E-state index contributed by atoms with van der Waals surface area (Å²) in [5.74, 6) is 0.566. The molecule has 2 rings (SSSR count). The van der Waals surface area contributed by atoms with Gasteiger partial charge in [-0.3, -0.25) is 0 Å². The maximum absolute atomic E-state index is 9.68. The van der Waals surface area contributed by atoms with Crippen LogP contribution in [0.3, 0.4) is 0 Å². The maximum atomic E-state index is 9.68. The van der Waals surface area contributed by atoms with Crippen LogP contribution in [0, 0.1) is 0 Å². The SMILES string of the molecule is COc1ccc2[nH]c(O)c(N=NC(N)=S)c2c1. The zero-order valence-corrected chi connectivity index (χ0v) is 9.78. The number of aromatic amines is 1. The predicted molar refractivity (Wildman–Crippen MR) is 67.8 cm³/mol. The van der Waals surface area contributed by atoms with Crippen LogP contribution in [0.15, 0.2) is 28.4 Å². The monoisotopic (exact) mass is 250 g/mol. The van der Waals surface area contributed by atoms with Crippen molar-refractivity contribution in [2.75, 3.05) is 7.11 Å². The molecule has 2 aromatic rings. The first-order chi connectivity index (χ1) is 8.11. The Labute approximate surface area is 102 Å². The van der Waals surface area contributed by atoms with E-state index < -0.39 is 0 Å². The van der Waals surface area contributed by atoms with Gasteiger partial charge in [-0.05, 0) is 30.4 Å². The number of aromatic hydroxyl groups is 1. The number of nitrogens with two attached hydrogens (primary N) is 1. The number of benzene rings is 1. The van der Waals surface area contributed by atoms with Gasteiger partial charge in [-0.2, -0.15) is 0 Å². The van der Waals surface area contributed by atoms with Crippen LogP contribution in [0.2, 0.25) is 0 Å². The molecule has 0 saturated carbocycles. The quantitative estimate of drug-likeness (QED) is 0.562. The van der Waals surface area contributed by atoms with Crippen LogP contribution in [0.4, 0.5) is 5.69 Å². The van der Waals surface area contributed by atoms with Gasteiger partial charge in [0, 0.05) is 5.39 Å². The first-order valence-corrected chi connectivity index (χ1v) is 5.12. The number of hydrogen-bond donors (Lipinski definition) is 3. The summed E-state index contributed by atoms with van der Waals surface area (Å²) in [7, 11) is 1.56. The highest BCUT2D eigenvalue weighted by Gasteiger charge is 2.11.